The van der Waals surface area contributed by atoms with E-state index in [1.54, 1.807) is 41.8 Å². The van der Waals surface area contributed by atoms with Crippen molar-refractivity contribution in [3.63, 3.8) is 0 Å². The van der Waals surface area contributed by atoms with Crippen LogP contribution in [-0.4, -0.2) is 20.4 Å². The highest BCUT2D eigenvalue weighted by molar-refractivity contribution is 7.94. The number of rotatable bonds is 9. The standard InChI is InChI=1S/C23H26N2O4S2/c1-16(2)29-21-7-4-6-19(15-21)17(3)24-22(26)14-18-9-11-20(12-10-18)25-31(27,28)23-8-5-13-30-23/h4-13,15-17,25H,14H2,1-3H3,(H,24,26). The summed E-state index contributed by atoms with van der Waals surface area (Å²) in [5.74, 6) is 0.656. The molecule has 0 saturated heterocycles. The highest BCUT2D eigenvalue weighted by atomic mass is 32.2. The second-order valence-corrected chi connectivity index (χ2v) is 10.3. The Bertz CT molecular complexity index is 1110. The van der Waals surface area contributed by atoms with E-state index in [0.717, 1.165) is 28.2 Å². The van der Waals surface area contributed by atoms with Crippen LogP contribution in [0.25, 0.3) is 0 Å². The normalized spacial score (nSPS) is 12.4. The van der Waals surface area contributed by atoms with Gasteiger partial charge >= 0.3 is 0 Å². The van der Waals surface area contributed by atoms with Crippen LogP contribution in [0.5, 0.6) is 5.75 Å². The van der Waals surface area contributed by atoms with Crippen LogP contribution >= 0.6 is 11.3 Å². The summed E-state index contributed by atoms with van der Waals surface area (Å²) >= 11 is 1.16. The van der Waals surface area contributed by atoms with Crippen molar-refractivity contribution in [1.82, 2.24) is 5.32 Å². The SMILES string of the molecule is CC(C)Oc1cccc(C(C)NC(=O)Cc2ccc(NS(=O)(=O)c3cccs3)cc2)c1. The van der Waals surface area contributed by atoms with Crippen LogP contribution in [0.4, 0.5) is 5.69 Å². The number of carbonyl (C=O) groups is 1. The molecular formula is C23H26N2O4S2. The lowest BCUT2D eigenvalue weighted by Crippen LogP contribution is -2.28. The van der Waals surface area contributed by atoms with E-state index in [2.05, 4.69) is 10.0 Å². The van der Waals surface area contributed by atoms with Gasteiger partial charge in [-0.05, 0) is 67.6 Å². The van der Waals surface area contributed by atoms with Gasteiger partial charge < -0.3 is 10.1 Å². The van der Waals surface area contributed by atoms with Gasteiger partial charge in [-0.2, -0.15) is 0 Å². The number of sulfonamides is 1. The van der Waals surface area contributed by atoms with Crippen LogP contribution in [0.15, 0.2) is 70.3 Å². The Labute approximate surface area is 187 Å². The molecule has 164 valence electrons. The molecule has 0 aliphatic carbocycles. The van der Waals surface area contributed by atoms with E-state index in [4.69, 9.17) is 4.74 Å². The molecule has 2 N–H and O–H groups in total. The largest absolute Gasteiger partial charge is 0.491 e. The molecular weight excluding hydrogens is 432 g/mol. The van der Waals surface area contributed by atoms with Crippen LogP contribution in [0, 0.1) is 0 Å². The van der Waals surface area contributed by atoms with Crippen LogP contribution in [0.3, 0.4) is 0 Å². The van der Waals surface area contributed by atoms with Gasteiger partial charge in [0.05, 0.1) is 18.6 Å². The zero-order valence-corrected chi connectivity index (χ0v) is 19.3. The van der Waals surface area contributed by atoms with Crippen LogP contribution in [0.1, 0.15) is 37.9 Å². The minimum atomic E-state index is -3.58. The van der Waals surface area contributed by atoms with E-state index >= 15 is 0 Å². The number of benzene rings is 2. The van der Waals surface area contributed by atoms with Crippen molar-refractivity contribution < 1.29 is 17.9 Å². The Balaban J connectivity index is 1.57. The molecule has 1 amide bonds. The van der Waals surface area contributed by atoms with Crippen molar-refractivity contribution in [1.29, 1.82) is 0 Å². The van der Waals surface area contributed by atoms with E-state index in [-0.39, 0.29) is 28.7 Å². The van der Waals surface area contributed by atoms with Gasteiger partial charge in [0, 0.05) is 5.69 Å². The van der Waals surface area contributed by atoms with Crippen LogP contribution in [-0.2, 0) is 21.2 Å². The quantitative estimate of drug-likeness (QED) is 0.484. The van der Waals surface area contributed by atoms with Gasteiger partial charge in [-0.1, -0.05) is 30.3 Å². The van der Waals surface area contributed by atoms with E-state index in [1.807, 2.05) is 45.0 Å². The van der Waals surface area contributed by atoms with Crippen molar-refractivity contribution in [2.75, 3.05) is 4.72 Å². The maximum Gasteiger partial charge on any atom is 0.271 e. The smallest absolute Gasteiger partial charge is 0.271 e. The monoisotopic (exact) mass is 458 g/mol. The summed E-state index contributed by atoms with van der Waals surface area (Å²) in [7, 11) is -3.58. The Hall–Kier alpha value is -2.84. The van der Waals surface area contributed by atoms with Gasteiger partial charge in [0.2, 0.25) is 5.91 Å². The van der Waals surface area contributed by atoms with E-state index < -0.39 is 10.0 Å². The number of nitrogens with one attached hydrogen (secondary N) is 2. The van der Waals surface area contributed by atoms with Crippen molar-refractivity contribution in [3.8, 4) is 5.75 Å². The maximum atomic E-state index is 12.5. The average molecular weight is 459 g/mol. The van der Waals surface area contributed by atoms with E-state index in [9.17, 15) is 13.2 Å². The van der Waals surface area contributed by atoms with Gasteiger partial charge in [0.25, 0.3) is 10.0 Å². The fourth-order valence-electron chi connectivity index (χ4n) is 3.00. The van der Waals surface area contributed by atoms with Gasteiger partial charge in [-0.15, -0.1) is 11.3 Å². The lowest BCUT2D eigenvalue weighted by molar-refractivity contribution is -0.121. The number of hydrogen-bond acceptors (Lipinski definition) is 5. The summed E-state index contributed by atoms with van der Waals surface area (Å²) in [5, 5.41) is 4.71. The molecule has 0 spiro atoms. The summed E-state index contributed by atoms with van der Waals surface area (Å²) < 4.78 is 33.1. The third-order valence-corrected chi connectivity index (χ3v) is 7.22. The predicted molar refractivity (Wildman–Crippen MR) is 124 cm³/mol. The second kappa shape index (κ2) is 9.98. The second-order valence-electron chi connectivity index (χ2n) is 7.44. The van der Waals surface area contributed by atoms with Gasteiger partial charge in [0.1, 0.15) is 9.96 Å². The van der Waals surface area contributed by atoms with Gasteiger partial charge in [-0.3, -0.25) is 9.52 Å². The fourth-order valence-corrected chi connectivity index (χ4v) is 5.05. The molecule has 0 aliphatic rings. The van der Waals surface area contributed by atoms with Crippen molar-refractivity contribution in [3.05, 3.63) is 77.2 Å². The van der Waals surface area contributed by atoms with E-state index in [1.165, 1.54) is 0 Å². The molecule has 0 fully saturated rings. The maximum absolute atomic E-state index is 12.5. The topological polar surface area (TPSA) is 84.5 Å². The fraction of sp³-hybridized carbons (Fsp3) is 0.261. The molecule has 0 aliphatic heterocycles. The van der Waals surface area contributed by atoms with Crippen molar-refractivity contribution in [2.24, 2.45) is 0 Å². The molecule has 0 bridgehead atoms. The third kappa shape index (κ3) is 6.57. The zero-order chi connectivity index (χ0) is 22.4. The first-order chi connectivity index (χ1) is 14.7. The lowest BCUT2D eigenvalue weighted by atomic mass is 10.1. The summed E-state index contributed by atoms with van der Waals surface area (Å²) in [6.07, 6.45) is 0.280. The Morgan fingerprint density at radius 2 is 1.77 bits per heavy atom. The predicted octanol–water partition coefficient (Wildman–Crippen LogP) is 4.76. The molecule has 8 heteroatoms. The summed E-state index contributed by atoms with van der Waals surface area (Å²) in [5.41, 5.74) is 2.21. The lowest BCUT2D eigenvalue weighted by Gasteiger charge is -2.17. The number of hydrogen-bond donors (Lipinski definition) is 2. The third-order valence-electron chi connectivity index (χ3n) is 4.44. The summed E-state index contributed by atoms with van der Waals surface area (Å²) in [6, 6.07) is 17.6. The molecule has 1 atom stereocenters. The summed E-state index contributed by atoms with van der Waals surface area (Å²) in [6.45, 7) is 5.86. The Morgan fingerprint density at radius 1 is 1.03 bits per heavy atom. The molecule has 2 aromatic carbocycles. The number of thiophene rings is 1. The number of carbonyl (C=O) groups excluding carboxylic acids is 1. The highest BCUT2D eigenvalue weighted by Crippen LogP contribution is 2.22. The molecule has 1 aromatic heterocycles. The van der Waals surface area contributed by atoms with Crippen LogP contribution in [0.2, 0.25) is 0 Å². The minimum absolute atomic E-state index is 0.0814. The van der Waals surface area contributed by atoms with Crippen molar-refractivity contribution >= 4 is 33.0 Å². The van der Waals surface area contributed by atoms with Crippen LogP contribution < -0.4 is 14.8 Å². The molecule has 3 aromatic rings. The Kier molecular flexibility index (Phi) is 7.35. The molecule has 3 rings (SSSR count). The molecule has 1 heterocycles. The number of ether oxygens (including phenoxy) is 1. The first-order valence-electron chi connectivity index (χ1n) is 9.94. The molecule has 1 unspecified atom stereocenters. The van der Waals surface area contributed by atoms with Crippen molar-refractivity contribution in [2.45, 2.75) is 43.5 Å². The molecule has 31 heavy (non-hydrogen) atoms. The average Bonchev–Trinajstić information content (AvgIpc) is 3.25. The number of amides is 1. The van der Waals surface area contributed by atoms with Gasteiger partial charge in [-0.25, -0.2) is 8.42 Å². The first-order valence-corrected chi connectivity index (χ1v) is 12.3. The van der Waals surface area contributed by atoms with Gasteiger partial charge in [0.15, 0.2) is 0 Å². The minimum Gasteiger partial charge on any atom is -0.491 e. The zero-order valence-electron chi connectivity index (χ0n) is 17.7. The molecule has 0 saturated carbocycles. The Morgan fingerprint density at radius 3 is 2.42 bits per heavy atom. The molecule has 6 nitrogen and oxygen atoms in total. The number of anilines is 1. The molecule has 0 radical (unpaired) electrons. The highest BCUT2D eigenvalue weighted by Gasteiger charge is 2.15. The first kappa shape index (κ1) is 22.8. The summed E-state index contributed by atoms with van der Waals surface area (Å²) in [4.78, 5) is 12.5. The van der Waals surface area contributed by atoms with E-state index in [0.29, 0.717) is 5.69 Å².